The third-order valence-corrected chi connectivity index (χ3v) is 5.93. The molecule has 0 heterocycles. The number of aliphatic hydroxyl groups excluding tert-OH is 1. The lowest BCUT2D eigenvalue weighted by Crippen LogP contribution is -2.43. The highest BCUT2D eigenvalue weighted by molar-refractivity contribution is 5.70. The van der Waals surface area contributed by atoms with Crippen LogP contribution in [0.25, 0.3) is 0 Å². The Labute approximate surface area is 206 Å². The lowest BCUT2D eigenvalue weighted by Gasteiger charge is -2.29. The van der Waals surface area contributed by atoms with Gasteiger partial charge in [-0.1, -0.05) is 96.8 Å². The zero-order valence-electron chi connectivity index (χ0n) is 22.1. The van der Waals surface area contributed by atoms with Gasteiger partial charge in [-0.15, -0.1) is 0 Å². The summed E-state index contributed by atoms with van der Waals surface area (Å²) in [5.41, 5.74) is 0. The Morgan fingerprint density at radius 3 is 1.41 bits per heavy atom. The first-order valence-corrected chi connectivity index (χ1v) is 13.4. The fraction of sp³-hybridized carbons (Fsp3) is 0.962. The lowest BCUT2D eigenvalue weighted by molar-refractivity contribution is -0.891. The van der Waals surface area contributed by atoms with Crippen molar-refractivity contribution in [3.8, 4) is 0 Å². The Balaban J connectivity index is 0. The number of hydrogen-bond donors (Lipinski definition) is 1. The molecule has 1 N–H and O–H groups in total. The number of hydrogen-bond acceptors (Lipinski definition) is 4. The number of halogens is 3. The minimum absolute atomic E-state index is 0.132. The topological polar surface area (TPSA) is 69.6 Å². The van der Waals surface area contributed by atoms with Crippen molar-refractivity contribution in [3.05, 3.63) is 0 Å². The molecule has 0 aromatic heterocycles. The summed E-state index contributed by atoms with van der Waals surface area (Å²) < 4.78 is 38.0. The molecule has 0 atom stereocenters. The summed E-state index contributed by atoms with van der Waals surface area (Å²) in [6.45, 7) is 5.93. The SMILES string of the molecule is CCCCCCCCCCCCCCCCCC[N+](C)(C)CCOCCO.O=C([O-])C(F)(F)F. The third-order valence-electron chi connectivity index (χ3n) is 5.93. The second kappa shape index (κ2) is 23.9. The molecule has 0 aliphatic carbocycles. The minimum atomic E-state index is -5.19. The molecule has 5 nitrogen and oxygen atoms in total. The molecule has 0 bridgehead atoms. The van der Waals surface area contributed by atoms with Crippen LogP contribution < -0.4 is 5.11 Å². The van der Waals surface area contributed by atoms with E-state index in [4.69, 9.17) is 19.7 Å². The Morgan fingerprint density at radius 2 is 1.09 bits per heavy atom. The zero-order chi connectivity index (χ0) is 26.1. The average molecular weight is 500 g/mol. The number of carboxylic acid groups (broad SMARTS) is 1. The van der Waals surface area contributed by atoms with E-state index >= 15 is 0 Å². The van der Waals surface area contributed by atoms with Crippen molar-refractivity contribution < 1.29 is 37.4 Å². The number of alkyl halides is 3. The molecule has 0 saturated carbocycles. The molecule has 0 saturated heterocycles. The summed E-state index contributed by atoms with van der Waals surface area (Å²) in [5, 5.41) is 17.5. The highest BCUT2D eigenvalue weighted by atomic mass is 19.4. The van der Waals surface area contributed by atoms with Crippen LogP contribution in [-0.4, -0.2) is 68.7 Å². The number of unbranched alkanes of at least 4 members (excludes halogenated alkanes) is 15. The summed E-state index contributed by atoms with van der Waals surface area (Å²) in [6.07, 6.45) is 17.7. The van der Waals surface area contributed by atoms with Crippen molar-refractivity contribution >= 4 is 5.97 Å². The smallest absolute Gasteiger partial charge is 0.430 e. The molecule has 8 heteroatoms. The first-order chi connectivity index (χ1) is 16.1. The highest BCUT2D eigenvalue weighted by Gasteiger charge is 2.28. The van der Waals surface area contributed by atoms with Crippen LogP contribution >= 0.6 is 0 Å². The highest BCUT2D eigenvalue weighted by Crippen LogP contribution is 2.14. The van der Waals surface area contributed by atoms with Crippen molar-refractivity contribution in [2.45, 2.75) is 116 Å². The summed E-state index contributed by atoms with van der Waals surface area (Å²) in [4.78, 5) is 8.78. The maximum Gasteiger partial charge on any atom is 0.430 e. The van der Waals surface area contributed by atoms with E-state index in [9.17, 15) is 13.2 Å². The molecule has 206 valence electrons. The Kier molecular flexibility index (Phi) is 24.8. The average Bonchev–Trinajstić information content (AvgIpc) is 2.76. The summed E-state index contributed by atoms with van der Waals surface area (Å²) in [6, 6.07) is 0. The van der Waals surface area contributed by atoms with Gasteiger partial charge in [0, 0.05) is 0 Å². The Bertz CT molecular complexity index is 446. The van der Waals surface area contributed by atoms with Crippen LogP contribution in [0.5, 0.6) is 0 Å². The number of likely N-dealkylation sites (N-methyl/N-ethyl adjacent to an activating group) is 1. The monoisotopic (exact) mass is 499 g/mol. The Morgan fingerprint density at radius 1 is 0.735 bits per heavy atom. The molecule has 0 radical (unpaired) electrons. The molecule has 0 aromatic rings. The van der Waals surface area contributed by atoms with Gasteiger partial charge < -0.3 is 24.2 Å². The van der Waals surface area contributed by atoms with Crippen LogP contribution in [0, 0.1) is 0 Å². The number of carbonyl (C=O) groups excluding carboxylic acids is 1. The van der Waals surface area contributed by atoms with E-state index in [1.807, 2.05) is 0 Å². The predicted molar refractivity (Wildman–Crippen MR) is 130 cm³/mol. The molecular formula is C26H52F3NO4. The summed E-state index contributed by atoms with van der Waals surface area (Å²) >= 11 is 0. The van der Waals surface area contributed by atoms with E-state index in [2.05, 4.69) is 21.0 Å². The van der Waals surface area contributed by atoms with Gasteiger partial charge in [-0.25, -0.2) is 0 Å². The van der Waals surface area contributed by atoms with Crippen molar-refractivity contribution in [2.75, 3.05) is 47.0 Å². The minimum Gasteiger partial charge on any atom is -0.542 e. The van der Waals surface area contributed by atoms with Crippen LogP contribution in [0.1, 0.15) is 110 Å². The van der Waals surface area contributed by atoms with Crippen LogP contribution in [0.2, 0.25) is 0 Å². The number of rotatable bonds is 22. The van der Waals surface area contributed by atoms with E-state index in [0.29, 0.717) is 6.61 Å². The predicted octanol–water partition coefficient (Wildman–Crippen LogP) is 5.63. The van der Waals surface area contributed by atoms with Gasteiger partial charge in [0.05, 0.1) is 40.5 Å². The third kappa shape index (κ3) is 29.2. The number of quaternary nitrogens is 1. The molecule has 0 aromatic carbocycles. The molecule has 0 unspecified atom stereocenters. The number of aliphatic hydroxyl groups is 1. The van der Waals surface area contributed by atoms with E-state index in [1.165, 1.54) is 109 Å². The number of ether oxygens (including phenoxy) is 1. The summed E-state index contributed by atoms with van der Waals surface area (Å²) in [7, 11) is 4.57. The quantitative estimate of drug-likeness (QED) is 0.155. The number of aliphatic carboxylic acids is 1. The number of carboxylic acids is 1. The van der Waals surface area contributed by atoms with E-state index in [-0.39, 0.29) is 6.61 Å². The molecule has 0 aliphatic heterocycles. The van der Waals surface area contributed by atoms with Gasteiger partial charge in [0.15, 0.2) is 0 Å². The van der Waals surface area contributed by atoms with Gasteiger partial charge in [-0.3, -0.25) is 0 Å². The van der Waals surface area contributed by atoms with Crippen LogP contribution in [0.3, 0.4) is 0 Å². The number of carbonyl (C=O) groups is 1. The molecule has 0 aliphatic rings. The van der Waals surface area contributed by atoms with E-state index < -0.39 is 12.1 Å². The van der Waals surface area contributed by atoms with Crippen LogP contribution in [0.4, 0.5) is 13.2 Å². The molecular weight excluding hydrogens is 447 g/mol. The second-order valence-corrected chi connectivity index (χ2v) is 9.81. The fourth-order valence-electron chi connectivity index (χ4n) is 3.68. The maximum atomic E-state index is 10.5. The molecule has 0 rings (SSSR count). The van der Waals surface area contributed by atoms with Crippen molar-refractivity contribution in [1.82, 2.24) is 0 Å². The molecule has 0 fully saturated rings. The summed E-state index contributed by atoms with van der Waals surface area (Å²) in [5.74, 6) is -3.01. The van der Waals surface area contributed by atoms with Gasteiger partial charge in [0.25, 0.3) is 0 Å². The second-order valence-electron chi connectivity index (χ2n) is 9.81. The van der Waals surface area contributed by atoms with Crippen molar-refractivity contribution in [3.63, 3.8) is 0 Å². The van der Waals surface area contributed by atoms with Crippen molar-refractivity contribution in [1.29, 1.82) is 0 Å². The standard InChI is InChI=1S/C24H52NO2.C2HF3O2/c1-4-5-6-7-8-9-10-11-12-13-14-15-16-17-18-19-20-25(2,3)21-23-27-24-22-26;3-2(4,5)1(6)7/h26H,4-24H2,1-3H3;(H,6,7)/q+1;/p-1. The first-order valence-electron chi connectivity index (χ1n) is 13.4. The van der Waals surface area contributed by atoms with E-state index in [1.54, 1.807) is 0 Å². The maximum absolute atomic E-state index is 10.5. The molecule has 34 heavy (non-hydrogen) atoms. The van der Waals surface area contributed by atoms with Gasteiger partial charge >= 0.3 is 6.18 Å². The van der Waals surface area contributed by atoms with Gasteiger partial charge in [-0.05, 0) is 12.8 Å². The van der Waals surface area contributed by atoms with E-state index in [0.717, 1.165) is 17.6 Å². The van der Waals surface area contributed by atoms with Crippen LogP contribution in [-0.2, 0) is 9.53 Å². The van der Waals surface area contributed by atoms with Crippen molar-refractivity contribution in [2.24, 2.45) is 0 Å². The van der Waals surface area contributed by atoms with Crippen LogP contribution in [0.15, 0.2) is 0 Å². The van der Waals surface area contributed by atoms with Gasteiger partial charge in [-0.2, -0.15) is 13.2 Å². The normalized spacial score (nSPS) is 11.9. The Hall–Kier alpha value is -0.860. The molecule has 0 spiro atoms. The number of nitrogens with zero attached hydrogens (tertiary/aromatic N) is 1. The van der Waals surface area contributed by atoms with Gasteiger partial charge in [0.2, 0.25) is 0 Å². The zero-order valence-corrected chi connectivity index (χ0v) is 22.1. The lowest BCUT2D eigenvalue weighted by atomic mass is 10.0. The first kappa shape index (κ1) is 35.3. The molecule has 0 amide bonds. The fourth-order valence-corrected chi connectivity index (χ4v) is 3.68. The largest absolute Gasteiger partial charge is 0.542 e. The van der Waals surface area contributed by atoms with Gasteiger partial charge in [0.1, 0.15) is 12.5 Å².